The van der Waals surface area contributed by atoms with Crippen molar-refractivity contribution in [1.29, 1.82) is 0 Å². The van der Waals surface area contributed by atoms with Gasteiger partial charge in [-0.05, 0) is 49.6 Å². The van der Waals surface area contributed by atoms with Crippen molar-refractivity contribution in [3.05, 3.63) is 38.8 Å². The fraction of sp³-hybridized carbons (Fsp3) is 0.545. The van der Waals surface area contributed by atoms with Crippen LogP contribution in [0.5, 0.6) is 5.75 Å². The summed E-state index contributed by atoms with van der Waals surface area (Å²) >= 11 is 1.34. The zero-order chi connectivity index (χ0) is 21.1. The van der Waals surface area contributed by atoms with Gasteiger partial charge in [-0.25, -0.2) is 0 Å². The average Bonchev–Trinajstić information content (AvgIpc) is 3.05. The summed E-state index contributed by atoms with van der Waals surface area (Å²) in [6, 6.07) is 4.27. The smallest absolute Gasteiger partial charge is 0.270 e. The topological polar surface area (TPSA) is 96.0 Å². The molecule has 30 heavy (non-hydrogen) atoms. The second-order valence-corrected chi connectivity index (χ2v) is 9.29. The number of phenolic OH excluding ortho intramolecular Hbond substituents is 1. The van der Waals surface area contributed by atoms with E-state index in [2.05, 4.69) is 0 Å². The molecule has 3 fully saturated rings. The molecule has 1 aliphatic heterocycles. The number of carbonyl (C=O) groups is 1. The molecule has 1 saturated heterocycles. The maximum Gasteiger partial charge on any atom is 0.270 e. The highest BCUT2D eigenvalue weighted by Gasteiger charge is 2.39. The predicted molar refractivity (Wildman–Crippen MR) is 118 cm³/mol. The number of hydrogen-bond acceptors (Lipinski definition) is 6. The fourth-order valence-corrected chi connectivity index (χ4v) is 5.62. The Labute approximate surface area is 180 Å². The van der Waals surface area contributed by atoms with Gasteiger partial charge >= 0.3 is 0 Å². The van der Waals surface area contributed by atoms with Crippen LogP contribution in [-0.2, 0) is 4.79 Å². The summed E-state index contributed by atoms with van der Waals surface area (Å²) in [5, 5.41) is 22.0. The predicted octanol–water partition coefficient (Wildman–Crippen LogP) is 5.24. The summed E-state index contributed by atoms with van der Waals surface area (Å²) in [7, 11) is 0. The number of non-ortho nitro benzene ring substituents is 1. The lowest BCUT2D eigenvalue weighted by atomic mass is 9.94. The summed E-state index contributed by atoms with van der Waals surface area (Å²) in [4.78, 5) is 31.2. The van der Waals surface area contributed by atoms with E-state index in [0.29, 0.717) is 4.91 Å². The van der Waals surface area contributed by atoms with Crippen molar-refractivity contribution in [2.24, 2.45) is 4.99 Å². The molecule has 4 rings (SSSR count). The maximum atomic E-state index is 13.3. The lowest BCUT2D eigenvalue weighted by molar-refractivity contribution is -0.384. The monoisotopic (exact) mass is 429 g/mol. The first kappa shape index (κ1) is 20.9. The zero-order valence-corrected chi connectivity index (χ0v) is 17.8. The highest BCUT2D eigenvalue weighted by Crippen LogP contribution is 2.39. The third-order valence-corrected chi connectivity index (χ3v) is 7.15. The number of carbonyl (C=O) groups excluding carboxylic acids is 1. The van der Waals surface area contributed by atoms with Crippen LogP contribution in [0.4, 0.5) is 5.69 Å². The Kier molecular flexibility index (Phi) is 6.41. The number of aliphatic imine (C=N–C) groups is 1. The Morgan fingerprint density at radius 3 is 2.43 bits per heavy atom. The molecule has 0 unspecified atom stereocenters. The summed E-state index contributed by atoms with van der Waals surface area (Å²) in [6.45, 7) is 0. The number of rotatable bonds is 4. The quantitative estimate of drug-likeness (QED) is 0.401. The van der Waals surface area contributed by atoms with Gasteiger partial charge in [-0.15, -0.1) is 0 Å². The average molecular weight is 430 g/mol. The van der Waals surface area contributed by atoms with Gasteiger partial charge in [0.25, 0.3) is 11.6 Å². The number of hydrogen-bond donors (Lipinski definition) is 1. The molecule has 0 bridgehead atoms. The number of thioether (sulfide) groups is 1. The van der Waals surface area contributed by atoms with Crippen molar-refractivity contribution >= 4 is 34.6 Å². The molecule has 0 radical (unpaired) electrons. The molecule has 7 nitrogen and oxygen atoms in total. The molecule has 1 amide bonds. The molecule has 1 heterocycles. The van der Waals surface area contributed by atoms with E-state index in [0.717, 1.165) is 43.7 Å². The van der Waals surface area contributed by atoms with Crippen LogP contribution in [0.1, 0.15) is 69.8 Å². The highest BCUT2D eigenvalue weighted by molar-refractivity contribution is 8.18. The van der Waals surface area contributed by atoms with Gasteiger partial charge in [-0.2, -0.15) is 0 Å². The van der Waals surface area contributed by atoms with Gasteiger partial charge in [0.15, 0.2) is 5.17 Å². The molecular weight excluding hydrogens is 402 g/mol. The third kappa shape index (κ3) is 4.53. The zero-order valence-electron chi connectivity index (χ0n) is 17.0. The lowest BCUT2D eigenvalue weighted by Gasteiger charge is -2.31. The van der Waals surface area contributed by atoms with E-state index in [1.807, 2.05) is 4.90 Å². The van der Waals surface area contributed by atoms with Crippen molar-refractivity contribution in [2.45, 2.75) is 76.3 Å². The van der Waals surface area contributed by atoms with Crippen molar-refractivity contribution in [3.8, 4) is 5.75 Å². The molecule has 1 aromatic rings. The van der Waals surface area contributed by atoms with Crippen LogP contribution in [0.15, 0.2) is 28.1 Å². The van der Waals surface area contributed by atoms with Crippen LogP contribution in [0.25, 0.3) is 6.08 Å². The van der Waals surface area contributed by atoms with Crippen LogP contribution in [-0.4, -0.2) is 38.1 Å². The summed E-state index contributed by atoms with van der Waals surface area (Å²) in [5.41, 5.74) is 0.165. The van der Waals surface area contributed by atoms with Gasteiger partial charge in [0, 0.05) is 23.7 Å². The number of nitro benzene ring substituents is 1. The molecule has 2 saturated carbocycles. The Morgan fingerprint density at radius 1 is 1.10 bits per heavy atom. The molecular formula is C22H27N3O4S. The summed E-state index contributed by atoms with van der Waals surface area (Å²) in [5.74, 6) is -0.184. The molecule has 8 heteroatoms. The number of phenols is 1. The number of nitro groups is 1. The largest absolute Gasteiger partial charge is 0.507 e. The van der Waals surface area contributed by atoms with Crippen molar-refractivity contribution in [3.63, 3.8) is 0 Å². The number of amides is 1. The Hall–Kier alpha value is -2.35. The van der Waals surface area contributed by atoms with Crippen molar-refractivity contribution in [2.75, 3.05) is 0 Å². The van der Waals surface area contributed by atoms with E-state index in [-0.39, 0.29) is 35.0 Å². The van der Waals surface area contributed by atoms with Crippen molar-refractivity contribution in [1.82, 2.24) is 4.90 Å². The molecule has 3 aliphatic rings. The fourth-order valence-electron chi connectivity index (χ4n) is 4.52. The van der Waals surface area contributed by atoms with E-state index in [1.165, 1.54) is 55.6 Å². The van der Waals surface area contributed by atoms with Gasteiger partial charge in [-0.3, -0.25) is 24.8 Å². The maximum absolute atomic E-state index is 13.3. The van der Waals surface area contributed by atoms with Gasteiger partial charge in [-0.1, -0.05) is 38.5 Å². The molecule has 0 atom stereocenters. The molecule has 1 aromatic carbocycles. The van der Waals surface area contributed by atoms with Gasteiger partial charge in [0.05, 0.1) is 15.9 Å². The third-order valence-electron chi connectivity index (χ3n) is 6.15. The first-order chi connectivity index (χ1) is 14.5. The second kappa shape index (κ2) is 9.20. The van der Waals surface area contributed by atoms with Crippen LogP contribution >= 0.6 is 11.8 Å². The number of nitrogens with zero attached hydrogens (tertiary/aromatic N) is 3. The molecule has 0 aromatic heterocycles. The minimum atomic E-state index is -0.505. The Bertz CT molecular complexity index is 886. The van der Waals surface area contributed by atoms with Gasteiger partial charge in [0.2, 0.25) is 0 Å². The Balaban J connectivity index is 1.67. The lowest BCUT2D eigenvalue weighted by Crippen LogP contribution is -2.41. The van der Waals surface area contributed by atoms with Crippen molar-refractivity contribution < 1.29 is 14.8 Å². The van der Waals surface area contributed by atoms with E-state index >= 15 is 0 Å². The van der Waals surface area contributed by atoms with E-state index in [4.69, 9.17) is 4.99 Å². The SMILES string of the molecule is O=C1C(=Cc2cc([N+](=O)[O-])ccc2O)SC(=NC2CCCCC2)N1C1CCCCC1. The van der Waals surface area contributed by atoms with E-state index in [1.54, 1.807) is 6.08 Å². The number of amidine groups is 1. The first-order valence-corrected chi connectivity index (χ1v) is 11.6. The van der Waals surface area contributed by atoms with Gasteiger partial charge < -0.3 is 5.11 Å². The minimum absolute atomic E-state index is 0.0802. The van der Waals surface area contributed by atoms with Gasteiger partial charge in [0.1, 0.15) is 5.75 Å². The van der Waals surface area contributed by atoms with E-state index < -0.39 is 4.92 Å². The minimum Gasteiger partial charge on any atom is -0.507 e. The summed E-state index contributed by atoms with van der Waals surface area (Å²) in [6.07, 6.45) is 12.7. The molecule has 2 aliphatic carbocycles. The Morgan fingerprint density at radius 2 is 1.77 bits per heavy atom. The van der Waals surface area contributed by atoms with Crippen LogP contribution in [0, 0.1) is 10.1 Å². The molecule has 0 spiro atoms. The summed E-state index contributed by atoms with van der Waals surface area (Å²) < 4.78 is 0. The van der Waals surface area contributed by atoms with Crippen LogP contribution < -0.4 is 0 Å². The molecule has 160 valence electrons. The van der Waals surface area contributed by atoms with Crippen LogP contribution in [0.3, 0.4) is 0 Å². The van der Waals surface area contributed by atoms with Crippen LogP contribution in [0.2, 0.25) is 0 Å². The molecule has 1 N–H and O–H groups in total. The standard InChI is InChI=1S/C22H27N3O4S/c26-19-12-11-18(25(28)29)13-15(19)14-20-21(27)24(17-9-5-2-6-10-17)22(30-20)23-16-7-3-1-4-8-16/h11-14,16-17,26H,1-10H2. The number of benzene rings is 1. The normalized spacial score (nSPS) is 24.1. The highest BCUT2D eigenvalue weighted by atomic mass is 32.2. The van der Waals surface area contributed by atoms with E-state index in [9.17, 15) is 20.0 Å². The number of aromatic hydroxyl groups is 1. The second-order valence-electron chi connectivity index (χ2n) is 8.28. The first-order valence-electron chi connectivity index (χ1n) is 10.8.